The van der Waals surface area contributed by atoms with Crippen molar-refractivity contribution in [3.05, 3.63) is 97.1 Å². The number of halogens is 1. The summed E-state index contributed by atoms with van der Waals surface area (Å²) in [5, 5.41) is 9.34. The second-order valence-electron chi connectivity index (χ2n) is 12.0. The lowest BCUT2D eigenvalue weighted by Gasteiger charge is -2.37. The Labute approximate surface area is 268 Å². The molecule has 2 aromatic rings. The van der Waals surface area contributed by atoms with Gasteiger partial charge in [0, 0.05) is 44.2 Å². The van der Waals surface area contributed by atoms with Crippen LogP contribution in [-0.4, -0.2) is 86.3 Å². The van der Waals surface area contributed by atoms with Crippen molar-refractivity contribution in [3.63, 3.8) is 0 Å². The summed E-state index contributed by atoms with van der Waals surface area (Å²) in [6.45, 7) is 9.57. The van der Waals surface area contributed by atoms with Crippen molar-refractivity contribution in [2.45, 2.75) is 61.3 Å². The Morgan fingerprint density at radius 2 is 1.50 bits per heavy atom. The molecular weight excluding hydrogens is 622 g/mol. The van der Waals surface area contributed by atoms with E-state index in [9.17, 15) is 19.5 Å². The maximum Gasteiger partial charge on any atom is 0.248 e. The predicted molar refractivity (Wildman–Crippen MR) is 172 cm³/mol. The maximum atomic E-state index is 14.6. The van der Waals surface area contributed by atoms with E-state index in [2.05, 4.69) is 29.1 Å². The van der Waals surface area contributed by atoms with Crippen LogP contribution in [0.4, 0.5) is 0 Å². The van der Waals surface area contributed by atoms with Gasteiger partial charge in [0.05, 0.1) is 17.9 Å². The van der Waals surface area contributed by atoms with Crippen molar-refractivity contribution in [1.29, 1.82) is 0 Å². The Bertz CT molecular complexity index is 1340. The molecule has 2 bridgehead atoms. The molecule has 9 heteroatoms. The molecular formula is C35H42BrN3O5. The van der Waals surface area contributed by atoms with Crippen LogP contribution >= 0.6 is 15.9 Å². The molecule has 0 radical (unpaired) electrons. The van der Waals surface area contributed by atoms with E-state index in [0.717, 1.165) is 17.5 Å². The molecule has 3 heterocycles. The van der Waals surface area contributed by atoms with Crippen molar-refractivity contribution in [3.8, 4) is 0 Å². The van der Waals surface area contributed by atoms with Gasteiger partial charge in [-0.1, -0.05) is 88.7 Å². The number of hydrogen-bond acceptors (Lipinski definition) is 5. The van der Waals surface area contributed by atoms with Crippen LogP contribution in [0, 0.1) is 11.8 Å². The Kier molecular flexibility index (Phi) is 10.4. The van der Waals surface area contributed by atoms with Gasteiger partial charge in [-0.25, -0.2) is 0 Å². The van der Waals surface area contributed by atoms with E-state index >= 15 is 0 Å². The minimum absolute atomic E-state index is 0.0697. The Balaban J connectivity index is 1.50. The first-order chi connectivity index (χ1) is 21.4. The summed E-state index contributed by atoms with van der Waals surface area (Å²) >= 11 is 3.79. The zero-order valence-corrected chi connectivity index (χ0v) is 26.7. The van der Waals surface area contributed by atoms with Crippen LogP contribution in [0.15, 0.2) is 86.0 Å². The van der Waals surface area contributed by atoms with Crippen molar-refractivity contribution in [2.24, 2.45) is 11.8 Å². The predicted octanol–water partition coefficient (Wildman–Crippen LogP) is 4.33. The molecule has 44 heavy (non-hydrogen) atoms. The molecule has 0 saturated carbocycles. The van der Waals surface area contributed by atoms with Crippen LogP contribution in [0.1, 0.15) is 36.8 Å². The molecule has 3 saturated heterocycles. The van der Waals surface area contributed by atoms with Crippen LogP contribution < -0.4 is 0 Å². The van der Waals surface area contributed by atoms with Gasteiger partial charge in [-0.15, -0.1) is 13.2 Å². The number of likely N-dealkylation sites (tertiary alicyclic amines) is 1. The fourth-order valence-corrected chi connectivity index (χ4v) is 8.21. The first-order valence-corrected chi connectivity index (χ1v) is 16.4. The zero-order valence-electron chi connectivity index (χ0n) is 25.1. The SMILES string of the molecule is C=CCN(Cc1ccccc1)C(=O)C1N(CCCCCO)C(=O)[C@@H]2[C@H](C(=O)N(CC=C)Cc3ccccc3)[C@H]3OC12CC3Br. The van der Waals surface area contributed by atoms with E-state index in [0.29, 0.717) is 52.0 Å². The van der Waals surface area contributed by atoms with Crippen LogP contribution in [0.5, 0.6) is 0 Å². The van der Waals surface area contributed by atoms with E-state index in [1.54, 1.807) is 26.9 Å². The van der Waals surface area contributed by atoms with E-state index < -0.39 is 29.6 Å². The van der Waals surface area contributed by atoms with Gasteiger partial charge in [0.25, 0.3) is 0 Å². The van der Waals surface area contributed by atoms with Crippen LogP contribution in [-0.2, 0) is 32.2 Å². The molecule has 3 aliphatic heterocycles. The highest BCUT2D eigenvalue weighted by Gasteiger charge is 2.76. The van der Waals surface area contributed by atoms with Gasteiger partial charge < -0.3 is 24.5 Å². The standard InChI is InChI=1S/C35H42BrN3O5/c1-3-18-37(23-25-14-8-5-9-15-25)32(41)28-29-33(42)39(20-12-7-13-21-40)31(35(29)22-27(36)30(28)44-35)34(43)38(19-4-2)24-26-16-10-6-11-17-26/h3-6,8-11,14-17,27-31,40H,1-2,7,12-13,18-24H2/t27?,28-,29-,30-,31?,35?/m0/s1. The fraction of sp³-hybridized carbons (Fsp3) is 0.457. The number of alkyl halides is 1. The number of unbranched alkanes of at least 4 members (excludes halogenated alkanes) is 2. The Morgan fingerprint density at radius 1 is 0.932 bits per heavy atom. The van der Waals surface area contributed by atoms with Crippen molar-refractivity contribution >= 4 is 33.7 Å². The smallest absolute Gasteiger partial charge is 0.248 e. The summed E-state index contributed by atoms with van der Waals surface area (Å²) < 4.78 is 6.75. The zero-order chi connectivity index (χ0) is 31.3. The molecule has 3 unspecified atom stereocenters. The molecule has 3 fully saturated rings. The van der Waals surface area contributed by atoms with Gasteiger partial charge in [0.2, 0.25) is 17.7 Å². The molecule has 6 atom stereocenters. The first-order valence-electron chi connectivity index (χ1n) is 15.5. The summed E-state index contributed by atoms with van der Waals surface area (Å²) in [7, 11) is 0. The Hall–Kier alpha value is -3.27. The molecule has 3 aliphatic rings. The minimum Gasteiger partial charge on any atom is -0.396 e. The van der Waals surface area contributed by atoms with Crippen LogP contribution in [0.2, 0.25) is 0 Å². The third-order valence-corrected chi connectivity index (χ3v) is 9.96. The first kappa shape index (κ1) is 32.1. The average Bonchev–Trinajstić information content (AvgIpc) is 3.62. The topological polar surface area (TPSA) is 90.4 Å². The molecule has 5 rings (SSSR count). The summed E-state index contributed by atoms with van der Waals surface area (Å²) in [4.78, 5) is 48.4. The van der Waals surface area contributed by atoms with Gasteiger partial charge in [0.15, 0.2) is 0 Å². The molecule has 8 nitrogen and oxygen atoms in total. The fourth-order valence-electron chi connectivity index (χ4n) is 7.27. The van der Waals surface area contributed by atoms with E-state index in [-0.39, 0.29) is 29.2 Å². The van der Waals surface area contributed by atoms with E-state index in [1.807, 2.05) is 60.7 Å². The number of fused-ring (bicyclic) bond motifs is 1. The van der Waals surface area contributed by atoms with Gasteiger partial charge in [-0.2, -0.15) is 0 Å². The van der Waals surface area contributed by atoms with Crippen molar-refractivity contribution < 1.29 is 24.2 Å². The van der Waals surface area contributed by atoms with Gasteiger partial charge in [-0.05, 0) is 36.8 Å². The summed E-state index contributed by atoms with van der Waals surface area (Å²) in [6, 6.07) is 18.6. The molecule has 1 spiro atoms. The third-order valence-electron chi connectivity index (χ3n) is 9.12. The Morgan fingerprint density at radius 3 is 2.05 bits per heavy atom. The van der Waals surface area contributed by atoms with Crippen LogP contribution in [0.25, 0.3) is 0 Å². The van der Waals surface area contributed by atoms with Crippen molar-refractivity contribution in [1.82, 2.24) is 14.7 Å². The molecule has 0 aliphatic carbocycles. The summed E-state index contributed by atoms with van der Waals surface area (Å²) in [5.74, 6) is -2.07. The lowest BCUT2D eigenvalue weighted by Crippen LogP contribution is -2.57. The van der Waals surface area contributed by atoms with Crippen molar-refractivity contribution in [2.75, 3.05) is 26.2 Å². The lowest BCUT2D eigenvalue weighted by atomic mass is 9.70. The van der Waals surface area contributed by atoms with Gasteiger partial charge >= 0.3 is 0 Å². The number of nitrogens with zero attached hydrogens (tertiary/aromatic N) is 3. The van der Waals surface area contributed by atoms with Gasteiger partial charge in [-0.3, -0.25) is 14.4 Å². The maximum absolute atomic E-state index is 14.6. The number of amides is 3. The molecule has 3 amide bonds. The number of carbonyl (C=O) groups excluding carboxylic acids is 3. The average molecular weight is 665 g/mol. The van der Waals surface area contributed by atoms with E-state index in [1.165, 1.54) is 0 Å². The van der Waals surface area contributed by atoms with E-state index in [4.69, 9.17) is 4.74 Å². The highest BCUT2D eigenvalue weighted by Crippen LogP contribution is 2.60. The highest BCUT2D eigenvalue weighted by molar-refractivity contribution is 9.09. The molecule has 0 aromatic heterocycles. The number of aliphatic hydroxyl groups excluding tert-OH is 1. The number of ether oxygens (including phenoxy) is 1. The largest absolute Gasteiger partial charge is 0.396 e. The third kappa shape index (κ3) is 6.14. The number of rotatable bonds is 15. The lowest BCUT2D eigenvalue weighted by molar-refractivity contribution is -0.149. The molecule has 2 aromatic carbocycles. The molecule has 1 N–H and O–H groups in total. The second kappa shape index (κ2) is 14.2. The highest BCUT2D eigenvalue weighted by atomic mass is 79.9. The number of carbonyl (C=O) groups is 3. The van der Waals surface area contributed by atoms with Gasteiger partial charge in [0.1, 0.15) is 11.6 Å². The normalized spacial score (nSPS) is 26.8. The quantitative estimate of drug-likeness (QED) is 0.174. The van der Waals surface area contributed by atoms with Crippen LogP contribution in [0.3, 0.4) is 0 Å². The summed E-state index contributed by atoms with van der Waals surface area (Å²) in [6.07, 6.45) is 5.28. The second-order valence-corrected chi connectivity index (χ2v) is 13.1. The molecule has 234 valence electrons. The summed E-state index contributed by atoms with van der Waals surface area (Å²) in [5.41, 5.74) is 0.821. The number of benzene rings is 2. The number of hydrogen-bond donors (Lipinski definition) is 1. The number of aliphatic hydroxyl groups is 1. The monoisotopic (exact) mass is 663 g/mol. The minimum atomic E-state index is -1.13.